The summed E-state index contributed by atoms with van der Waals surface area (Å²) in [6.45, 7) is 6.40. The summed E-state index contributed by atoms with van der Waals surface area (Å²) in [5, 5.41) is 2.97. The fourth-order valence-corrected chi connectivity index (χ4v) is 2.70. The largest absolute Gasteiger partial charge is 0.379 e. The molecule has 1 atom stereocenters. The van der Waals surface area contributed by atoms with Gasteiger partial charge in [0.1, 0.15) is 6.04 Å². The summed E-state index contributed by atoms with van der Waals surface area (Å²) in [7, 11) is 0. The summed E-state index contributed by atoms with van der Waals surface area (Å²) in [5.41, 5.74) is 2.09. The first-order valence-corrected chi connectivity index (χ1v) is 8.05. The molecule has 0 bridgehead atoms. The number of nitrogens with one attached hydrogen (secondary N) is 1. The molecule has 0 saturated carbocycles. The van der Waals surface area contributed by atoms with Gasteiger partial charge in [-0.1, -0.05) is 12.1 Å². The highest BCUT2D eigenvalue weighted by atomic mass is 16.5. The molecule has 0 spiro atoms. The van der Waals surface area contributed by atoms with Crippen LogP contribution in [0.3, 0.4) is 0 Å². The van der Waals surface area contributed by atoms with Crippen LogP contribution in [0.2, 0.25) is 0 Å². The van der Waals surface area contributed by atoms with Crippen LogP contribution in [0.4, 0.5) is 5.69 Å². The molecule has 1 unspecified atom stereocenters. The first-order chi connectivity index (χ1) is 11.2. The Hall–Kier alpha value is -2.11. The molecule has 1 N–H and O–H groups in total. The van der Waals surface area contributed by atoms with Crippen LogP contribution in [-0.4, -0.2) is 41.7 Å². The van der Waals surface area contributed by atoms with E-state index in [4.69, 9.17) is 4.74 Å². The second-order valence-corrected chi connectivity index (χ2v) is 5.88. The number of benzene rings is 1. The number of anilines is 1. The predicted molar refractivity (Wildman–Crippen MR) is 90.3 cm³/mol. The van der Waals surface area contributed by atoms with E-state index in [0.717, 1.165) is 38.5 Å². The van der Waals surface area contributed by atoms with Gasteiger partial charge in [0.2, 0.25) is 5.91 Å². The number of carbonyl (C=O) groups is 1. The van der Waals surface area contributed by atoms with E-state index < -0.39 is 0 Å². The average Bonchev–Trinajstić information content (AvgIpc) is 3.11. The lowest BCUT2D eigenvalue weighted by molar-refractivity contribution is -0.118. The number of nitrogens with zero attached hydrogens (tertiary/aromatic N) is 2. The molecule has 1 aliphatic heterocycles. The number of hydrogen-bond donors (Lipinski definition) is 1. The van der Waals surface area contributed by atoms with Crippen LogP contribution in [0.25, 0.3) is 0 Å². The van der Waals surface area contributed by atoms with Crippen LogP contribution in [0, 0.1) is 0 Å². The van der Waals surface area contributed by atoms with E-state index in [2.05, 4.69) is 22.3 Å². The summed E-state index contributed by atoms with van der Waals surface area (Å²) >= 11 is 0. The van der Waals surface area contributed by atoms with Crippen LogP contribution in [0.5, 0.6) is 0 Å². The van der Waals surface area contributed by atoms with Gasteiger partial charge in [-0.25, -0.2) is 0 Å². The smallest absolute Gasteiger partial charge is 0.247 e. The Morgan fingerprint density at radius 1 is 1.17 bits per heavy atom. The highest BCUT2D eigenvalue weighted by Crippen LogP contribution is 2.15. The lowest BCUT2D eigenvalue weighted by atomic mass is 10.2. The molecule has 1 aromatic heterocycles. The minimum Gasteiger partial charge on any atom is -0.379 e. The fourth-order valence-electron chi connectivity index (χ4n) is 2.70. The number of rotatable bonds is 5. The molecule has 0 radical (unpaired) electrons. The number of amides is 1. The van der Waals surface area contributed by atoms with E-state index in [9.17, 15) is 4.79 Å². The summed E-state index contributed by atoms with van der Waals surface area (Å²) in [4.78, 5) is 14.6. The highest BCUT2D eigenvalue weighted by molar-refractivity contribution is 5.93. The third kappa shape index (κ3) is 4.21. The van der Waals surface area contributed by atoms with Crippen molar-refractivity contribution in [3.8, 4) is 0 Å². The van der Waals surface area contributed by atoms with E-state index in [1.807, 2.05) is 48.1 Å². The molecule has 2 aromatic rings. The lowest BCUT2D eigenvalue weighted by Crippen LogP contribution is -2.35. The lowest BCUT2D eigenvalue weighted by Gasteiger charge is -2.26. The first kappa shape index (κ1) is 15.8. The maximum absolute atomic E-state index is 12.3. The van der Waals surface area contributed by atoms with Gasteiger partial charge in [0, 0.05) is 37.7 Å². The van der Waals surface area contributed by atoms with Crippen molar-refractivity contribution in [2.24, 2.45) is 0 Å². The monoisotopic (exact) mass is 313 g/mol. The SMILES string of the molecule is CC(C(=O)Nc1ccc(CN2CCOCC2)cc1)n1cccc1. The molecule has 23 heavy (non-hydrogen) atoms. The zero-order chi connectivity index (χ0) is 16.1. The molecule has 5 heteroatoms. The van der Waals surface area contributed by atoms with Crippen molar-refractivity contribution < 1.29 is 9.53 Å². The molecule has 3 rings (SSSR count). The Balaban J connectivity index is 1.55. The van der Waals surface area contributed by atoms with Gasteiger partial charge in [0.15, 0.2) is 0 Å². The quantitative estimate of drug-likeness (QED) is 0.922. The number of aromatic nitrogens is 1. The second-order valence-electron chi connectivity index (χ2n) is 5.88. The molecule has 1 amide bonds. The van der Waals surface area contributed by atoms with Gasteiger partial charge in [-0.2, -0.15) is 0 Å². The molecule has 1 saturated heterocycles. The zero-order valence-corrected chi connectivity index (χ0v) is 13.4. The van der Waals surface area contributed by atoms with Crippen molar-refractivity contribution in [3.05, 3.63) is 54.4 Å². The molecule has 1 aliphatic rings. The zero-order valence-electron chi connectivity index (χ0n) is 13.4. The third-order valence-corrected chi connectivity index (χ3v) is 4.19. The number of ether oxygens (including phenoxy) is 1. The first-order valence-electron chi connectivity index (χ1n) is 8.05. The minimum atomic E-state index is -0.224. The van der Waals surface area contributed by atoms with Crippen LogP contribution in [0.15, 0.2) is 48.8 Å². The van der Waals surface area contributed by atoms with Crippen LogP contribution >= 0.6 is 0 Å². The van der Waals surface area contributed by atoms with Crippen molar-refractivity contribution in [2.45, 2.75) is 19.5 Å². The standard InChI is InChI=1S/C18H23N3O2/c1-15(21-8-2-3-9-21)18(22)19-17-6-4-16(5-7-17)14-20-10-12-23-13-11-20/h2-9,15H,10-14H2,1H3,(H,19,22). The topological polar surface area (TPSA) is 46.5 Å². The Labute approximate surface area is 136 Å². The number of morpholine rings is 1. The van der Waals surface area contributed by atoms with Crippen molar-refractivity contribution in [2.75, 3.05) is 31.6 Å². The normalized spacial score (nSPS) is 16.9. The predicted octanol–water partition coefficient (Wildman–Crippen LogP) is 2.52. The maximum Gasteiger partial charge on any atom is 0.247 e. The van der Waals surface area contributed by atoms with Gasteiger partial charge < -0.3 is 14.6 Å². The molecule has 1 fully saturated rings. The summed E-state index contributed by atoms with van der Waals surface area (Å²) < 4.78 is 7.25. The summed E-state index contributed by atoms with van der Waals surface area (Å²) in [6, 6.07) is 11.7. The molecule has 5 nitrogen and oxygen atoms in total. The summed E-state index contributed by atoms with van der Waals surface area (Å²) in [5.74, 6) is -0.0119. The fraction of sp³-hybridized carbons (Fsp3) is 0.389. The van der Waals surface area contributed by atoms with E-state index >= 15 is 0 Å². The van der Waals surface area contributed by atoms with Gasteiger partial charge in [0.25, 0.3) is 0 Å². The molecular weight excluding hydrogens is 290 g/mol. The molecule has 0 aliphatic carbocycles. The van der Waals surface area contributed by atoms with Crippen LogP contribution in [0.1, 0.15) is 18.5 Å². The van der Waals surface area contributed by atoms with Crippen molar-refractivity contribution in [3.63, 3.8) is 0 Å². The highest BCUT2D eigenvalue weighted by Gasteiger charge is 2.14. The van der Waals surface area contributed by atoms with Crippen LogP contribution in [-0.2, 0) is 16.1 Å². The second kappa shape index (κ2) is 7.44. The van der Waals surface area contributed by atoms with Gasteiger partial charge in [0.05, 0.1) is 13.2 Å². The van der Waals surface area contributed by atoms with E-state index in [1.165, 1.54) is 5.56 Å². The minimum absolute atomic E-state index is 0.0119. The Kier molecular flexibility index (Phi) is 5.10. The Bertz CT molecular complexity index is 616. The Morgan fingerprint density at radius 3 is 2.48 bits per heavy atom. The maximum atomic E-state index is 12.3. The van der Waals surface area contributed by atoms with Gasteiger partial charge >= 0.3 is 0 Å². The average molecular weight is 313 g/mol. The molecule has 2 heterocycles. The Morgan fingerprint density at radius 2 is 1.83 bits per heavy atom. The van der Waals surface area contributed by atoms with Crippen LogP contribution < -0.4 is 5.32 Å². The summed E-state index contributed by atoms with van der Waals surface area (Å²) in [6.07, 6.45) is 3.80. The number of carbonyl (C=O) groups excluding carboxylic acids is 1. The van der Waals surface area contributed by atoms with Crippen molar-refractivity contribution in [1.82, 2.24) is 9.47 Å². The van der Waals surface area contributed by atoms with Gasteiger partial charge in [-0.05, 0) is 36.8 Å². The van der Waals surface area contributed by atoms with Gasteiger partial charge in [-0.3, -0.25) is 9.69 Å². The number of hydrogen-bond acceptors (Lipinski definition) is 3. The van der Waals surface area contributed by atoms with Gasteiger partial charge in [-0.15, -0.1) is 0 Å². The van der Waals surface area contributed by atoms with Crippen molar-refractivity contribution >= 4 is 11.6 Å². The van der Waals surface area contributed by atoms with E-state index in [-0.39, 0.29) is 11.9 Å². The molecule has 122 valence electrons. The third-order valence-electron chi connectivity index (χ3n) is 4.19. The van der Waals surface area contributed by atoms with Crippen molar-refractivity contribution in [1.29, 1.82) is 0 Å². The van der Waals surface area contributed by atoms with E-state index in [0.29, 0.717) is 0 Å². The van der Waals surface area contributed by atoms with E-state index in [1.54, 1.807) is 0 Å². The molecule has 1 aromatic carbocycles. The molecular formula is C18H23N3O2.